The Bertz CT molecular complexity index is 541. The van der Waals surface area contributed by atoms with Crippen molar-refractivity contribution >= 4 is 32.6 Å². The highest BCUT2D eigenvalue weighted by Gasteiger charge is 2.26. The van der Waals surface area contributed by atoms with Crippen LogP contribution in [0.15, 0.2) is 24.3 Å². The number of nitrogens with zero attached hydrogens (tertiary/aromatic N) is 1. The Balaban J connectivity index is 2.39. The summed E-state index contributed by atoms with van der Waals surface area (Å²) in [6.07, 6.45) is 1.52. The van der Waals surface area contributed by atoms with E-state index in [1.165, 1.54) is 10.4 Å². The molecule has 0 saturated carbocycles. The molecular formula is C11H12ClNO3S. The second kappa shape index (κ2) is 4.66. The Hall–Kier alpha value is -1.07. The average molecular weight is 274 g/mol. The molecule has 1 fully saturated rings. The fraction of sp³-hybridized carbons (Fsp3) is 0.364. The van der Waals surface area contributed by atoms with E-state index in [1.807, 2.05) is 0 Å². The van der Waals surface area contributed by atoms with Gasteiger partial charge in [-0.3, -0.25) is 9.10 Å². The van der Waals surface area contributed by atoms with Gasteiger partial charge in [-0.15, -0.1) is 0 Å². The Morgan fingerprint density at radius 3 is 2.71 bits per heavy atom. The number of carbonyl (C=O) groups is 1. The maximum Gasteiger partial charge on any atom is 0.252 e. The van der Waals surface area contributed by atoms with Crippen LogP contribution in [0, 0.1) is 0 Å². The van der Waals surface area contributed by atoms with Crippen LogP contribution in [-0.2, 0) is 10.0 Å². The second-order valence-corrected chi connectivity index (χ2v) is 6.28. The molecule has 0 N–H and O–H groups in total. The third kappa shape index (κ3) is 2.61. The summed E-state index contributed by atoms with van der Waals surface area (Å²) in [5.74, 6) is 0.159. The molecule has 0 spiro atoms. The van der Waals surface area contributed by atoms with Crippen LogP contribution in [0.4, 0.5) is 5.69 Å². The molecule has 1 saturated heterocycles. The molecule has 1 aliphatic heterocycles. The van der Waals surface area contributed by atoms with Crippen molar-refractivity contribution in [3.8, 4) is 0 Å². The fourth-order valence-corrected chi connectivity index (χ4v) is 3.61. The van der Waals surface area contributed by atoms with Gasteiger partial charge in [0.15, 0.2) is 0 Å². The summed E-state index contributed by atoms with van der Waals surface area (Å²) in [6.45, 7) is 0.461. The molecule has 0 aromatic heterocycles. The Labute approximate surface area is 105 Å². The first-order chi connectivity index (χ1) is 8.00. The molecule has 1 heterocycles. The van der Waals surface area contributed by atoms with Crippen molar-refractivity contribution in [1.82, 2.24) is 0 Å². The second-order valence-electron chi connectivity index (χ2n) is 3.92. The van der Waals surface area contributed by atoms with Crippen molar-refractivity contribution in [1.29, 1.82) is 0 Å². The topological polar surface area (TPSA) is 54.5 Å². The maximum absolute atomic E-state index is 11.9. The number of halogens is 1. The lowest BCUT2D eigenvalue weighted by Gasteiger charge is -2.28. The molecule has 0 radical (unpaired) electrons. The van der Waals surface area contributed by atoms with Crippen LogP contribution in [0.3, 0.4) is 0 Å². The van der Waals surface area contributed by atoms with E-state index in [0.717, 1.165) is 6.42 Å². The zero-order valence-corrected chi connectivity index (χ0v) is 10.7. The van der Waals surface area contributed by atoms with Crippen molar-refractivity contribution in [2.24, 2.45) is 0 Å². The first-order valence-corrected chi connectivity index (χ1v) is 7.30. The molecule has 1 aromatic carbocycles. The smallest absolute Gasteiger partial charge is 0.252 e. The molecule has 0 amide bonds. The van der Waals surface area contributed by atoms with Gasteiger partial charge in [-0.1, -0.05) is 6.07 Å². The van der Waals surface area contributed by atoms with Crippen LogP contribution in [-0.4, -0.2) is 26.0 Å². The molecule has 0 bridgehead atoms. The summed E-state index contributed by atoms with van der Waals surface area (Å²) in [4.78, 5) is 11.0. The van der Waals surface area contributed by atoms with E-state index in [4.69, 9.17) is 11.6 Å². The molecule has 2 rings (SSSR count). The summed E-state index contributed by atoms with van der Waals surface area (Å²) in [5.41, 5.74) is 0.821. The van der Waals surface area contributed by atoms with E-state index >= 15 is 0 Å². The Kier molecular flexibility index (Phi) is 3.40. The Morgan fingerprint density at radius 1 is 1.29 bits per heavy atom. The van der Waals surface area contributed by atoms with Crippen LogP contribution < -0.4 is 4.31 Å². The molecule has 6 heteroatoms. The molecule has 17 heavy (non-hydrogen) atoms. The molecule has 0 aliphatic carbocycles. The normalized spacial score (nSPS) is 19.0. The highest BCUT2D eigenvalue weighted by molar-refractivity contribution is 7.92. The van der Waals surface area contributed by atoms with Gasteiger partial charge in [-0.05, 0) is 42.6 Å². The van der Waals surface area contributed by atoms with Gasteiger partial charge in [-0.2, -0.15) is 0 Å². The standard InChI is InChI=1S/C11H12ClNO3S/c12-11(14)9-4-3-5-10(8-9)13-6-1-2-7-17(13,15)16/h3-5,8H,1-2,6-7H2. The SMILES string of the molecule is O=C(Cl)c1cccc(N2CCCCS2(=O)=O)c1. The van der Waals surface area contributed by atoms with Crippen molar-refractivity contribution in [2.45, 2.75) is 12.8 Å². The van der Waals surface area contributed by atoms with Gasteiger partial charge in [0, 0.05) is 12.1 Å². The number of carbonyl (C=O) groups excluding carboxylic acids is 1. The maximum atomic E-state index is 11.9. The van der Waals surface area contributed by atoms with Gasteiger partial charge in [-0.25, -0.2) is 8.42 Å². The summed E-state index contributed by atoms with van der Waals surface area (Å²) < 4.78 is 25.1. The van der Waals surface area contributed by atoms with Crippen LogP contribution in [0.5, 0.6) is 0 Å². The quantitative estimate of drug-likeness (QED) is 0.775. The van der Waals surface area contributed by atoms with Gasteiger partial charge in [0.25, 0.3) is 5.24 Å². The minimum absolute atomic E-state index is 0.159. The lowest BCUT2D eigenvalue weighted by molar-refractivity contribution is 0.108. The lowest BCUT2D eigenvalue weighted by Crippen LogP contribution is -2.37. The van der Waals surface area contributed by atoms with E-state index in [-0.39, 0.29) is 5.75 Å². The predicted octanol–water partition coefficient (Wildman–Crippen LogP) is 2.00. The third-order valence-electron chi connectivity index (χ3n) is 2.71. The van der Waals surface area contributed by atoms with Crippen molar-refractivity contribution < 1.29 is 13.2 Å². The third-order valence-corrected chi connectivity index (χ3v) is 4.80. The van der Waals surface area contributed by atoms with E-state index < -0.39 is 15.3 Å². The van der Waals surface area contributed by atoms with Gasteiger partial charge in [0.1, 0.15) is 0 Å². The molecule has 1 aliphatic rings. The van der Waals surface area contributed by atoms with E-state index in [2.05, 4.69) is 0 Å². The van der Waals surface area contributed by atoms with E-state index in [9.17, 15) is 13.2 Å². The Morgan fingerprint density at radius 2 is 2.06 bits per heavy atom. The highest BCUT2D eigenvalue weighted by atomic mass is 35.5. The van der Waals surface area contributed by atoms with Crippen molar-refractivity contribution in [3.05, 3.63) is 29.8 Å². The largest absolute Gasteiger partial charge is 0.276 e. The first-order valence-electron chi connectivity index (χ1n) is 5.31. The van der Waals surface area contributed by atoms with Crippen molar-refractivity contribution in [3.63, 3.8) is 0 Å². The van der Waals surface area contributed by atoms with Crippen LogP contribution >= 0.6 is 11.6 Å². The number of anilines is 1. The monoisotopic (exact) mass is 273 g/mol. The van der Waals surface area contributed by atoms with Crippen LogP contribution in [0.1, 0.15) is 23.2 Å². The minimum Gasteiger partial charge on any atom is -0.276 e. The van der Waals surface area contributed by atoms with Crippen LogP contribution in [0.2, 0.25) is 0 Å². The van der Waals surface area contributed by atoms with E-state index in [0.29, 0.717) is 24.2 Å². The number of rotatable bonds is 2. The lowest BCUT2D eigenvalue weighted by atomic mass is 10.2. The van der Waals surface area contributed by atoms with Crippen molar-refractivity contribution in [2.75, 3.05) is 16.6 Å². The van der Waals surface area contributed by atoms with Gasteiger partial charge in [0.2, 0.25) is 10.0 Å². The fourth-order valence-electron chi connectivity index (χ4n) is 1.86. The van der Waals surface area contributed by atoms with Gasteiger partial charge >= 0.3 is 0 Å². The number of hydrogen-bond acceptors (Lipinski definition) is 3. The molecule has 92 valence electrons. The van der Waals surface area contributed by atoms with Gasteiger partial charge < -0.3 is 0 Å². The highest BCUT2D eigenvalue weighted by Crippen LogP contribution is 2.24. The zero-order chi connectivity index (χ0) is 12.5. The molecule has 0 unspecified atom stereocenters. The van der Waals surface area contributed by atoms with E-state index in [1.54, 1.807) is 18.2 Å². The molecular weight excluding hydrogens is 262 g/mol. The summed E-state index contributed by atoms with van der Waals surface area (Å²) >= 11 is 5.38. The summed E-state index contributed by atoms with van der Waals surface area (Å²) in [6, 6.07) is 6.38. The van der Waals surface area contributed by atoms with Crippen LogP contribution in [0.25, 0.3) is 0 Å². The molecule has 0 atom stereocenters. The summed E-state index contributed by atoms with van der Waals surface area (Å²) in [5, 5.41) is -0.582. The summed E-state index contributed by atoms with van der Waals surface area (Å²) in [7, 11) is -3.24. The zero-order valence-electron chi connectivity index (χ0n) is 9.10. The number of sulfonamides is 1. The average Bonchev–Trinajstić information content (AvgIpc) is 2.28. The first kappa shape index (κ1) is 12.4. The molecule has 4 nitrogen and oxygen atoms in total. The van der Waals surface area contributed by atoms with Gasteiger partial charge in [0.05, 0.1) is 11.4 Å². The number of benzene rings is 1. The molecule has 1 aromatic rings. The number of hydrogen-bond donors (Lipinski definition) is 0. The minimum atomic E-state index is -3.24. The predicted molar refractivity (Wildman–Crippen MR) is 67.0 cm³/mol.